The van der Waals surface area contributed by atoms with Gasteiger partial charge in [-0.2, -0.15) is 0 Å². The van der Waals surface area contributed by atoms with E-state index in [-0.39, 0.29) is 19.1 Å². The molecule has 23 heavy (non-hydrogen) atoms. The van der Waals surface area contributed by atoms with Crippen molar-refractivity contribution >= 4 is 29.2 Å². The van der Waals surface area contributed by atoms with Crippen LogP contribution in [0.3, 0.4) is 0 Å². The zero-order valence-electron chi connectivity index (χ0n) is 12.5. The third kappa shape index (κ3) is 5.00. The quantitative estimate of drug-likeness (QED) is 0.821. The Balaban J connectivity index is 2.07. The molecule has 0 spiro atoms. The Morgan fingerprint density at radius 1 is 1.09 bits per heavy atom. The molecule has 0 aromatic heterocycles. The topological polar surface area (TPSA) is 64.6 Å². The van der Waals surface area contributed by atoms with Crippen molar-refractivity contribution in [2.24, 2.45) is 0 Å². The van der Waals surface area contributed by atoms with Crippen LogP contribution in [0.15, 0.2) is 48.5 Å². The Bertz CT molecular complexity index is 685. The number of hydrogen-bond donors (Lipinski definition) is 1. The zero-order chi connectivity index (χ0) is 16.7. The summed E-state index contributed by atoms with van der Waals surface area (Å²) < 4.78 is 10.2. The standard InChI is InChI=1S/C17H16ClNO4/c1-2-22-16(20)11-23-15-6-4-3-5-14(15)17(21)19-13-9-7-12(18)8-10-13/h3-10H,2,11H2,1H3,(H,19,21). The molecule has 0 bridgehead atoms. The minimum absolute atomic E-state index is 0.251. The summed E-state index contributed by atoms with van der Waals surface area (Å²) >= 11 is 5.81. The van der Waals surface area contributed by atoms with Crippen molar-refractivity contribution in [1.29, 1.82) is 0 Å². The summed E-state index contributed by atoms with van der Waals surface area (Å²) in [6, 6.07) is 13.4. The number of carbonyl (C=O) groups excluding carboxylic acids is 2. The lowest BCUT2D eigenvalue weighted by molar-refractivity contribution is -0.145. The predicted molar refractivity (Wildman–Crippen MR) is 88.0 cm³/mol. The van der Waals surface area contributed by atoms with Crippen LogP contribution in [0.25, 0.3) is 0 Å². The fourth-order valence-electron chi connectivity index (χ4n) is 1.85. The van der Waals surface area contributed by atoms with E-state index in [9.17, 15) is 9.59 Å². The maximum Gasteiger partial charge on any atom is 0.344 e. The number of amides is 1. The number of carbonyl (C=O) groups is 2. The van der Waals surface area contributed by atoms with Gasteiger partial charge in [-0.15, -0.1) is 0 Å². The summed E-state index contributed by atoms with van der Waals surface area (Å²) in [7, 11) is 0. The van der Waals surface area contributed by atoms with Crippen LogP contribution in [-0.2, 0) is 9.53 Å². The normalized spacial score (nSPS) is 10.0. The number of nitrogens with one attached hydrogen (secondary N) is 1. The molecular formula is C17H16ClNO4. The number of anilines is 1. The van der Waals surface area contributed by atoms with Crippen molar-refractivity contribution in [3.8, 4) is 5.75 Å². The van der Waals surface area contributed by atoms with Gasteiger partial charge in [-0.05, 0) is 43.3 Å². The average Bonchev–Trinajstić information content (AvgIpc) is 2.55. The third-order valence-corrected chi connectivity index (χ3v) is 3.14. The smallest absolute Gasteiger partial charge is 0.344 e. The van der Waals surface area contributed by atoms with Crippen molar-refractivity contribution < 1.29 is 19.1 Å². The second kappa shape index (κ2) is 8.19. The highest BCUT2D eigenvalue weighted by atomic mass is 35.5. The molecule has 0 aliphatic carbocycles. The molecule has 0 unspecified atom stereocenters. The van der Waals surface area contributed by atoms with Crippen molar-refractivity contribution in [3.05, 3.63) is 59.1 Å². The second-order valence-electron chi connectivity index (χ2n) is 4.55. The van der Waals surface area contributed by atoms with Crippen molar-refractivity contribution in [2.75, 3.05) is 18.5 Å². The zero-order valence-corrected chi connectivity index (χ0v) is 13.3. The predicted octanol–water partition coefficient (Wildman–Crippen LogP) is 3.53. The van der Waals surface area contributed by atoms with E-state index < -0.39 is 5.97 Å². The summed E-state index contributed by atoms with van der Waals surface area (Å²) in [5, 5.41) is 3.33. The van der Waals surface area contributed by atoms with E-state index >= 15 is 0 Å². The highest BCUT2D eigenvalue weighted by Crippen LogP contribution is 2.20. The van der Waals surface area contributed by atoms with Gasteiger partial charge in [0.25, 0.3) is 5.91 Å². The lowest BCUT2D eigenvalue weighted by Gasteiger charge is -2.11. The van der Waals surface area contributed by atoms with E-state index in [1.807, 2.05) is 0 Å². The first-order chi connectivity index (χ1) is 11.1. The van der Waals surface area contributed by atoms with Gasteiger partial charge in [0, 0.05) is 10.7 Å². The molecule has 2 aromatic carbocycles. The molecule has 0 fully saturated rings. The number of esters is 1. The second-order valence-corrected chi connectivity index (χ2v) is 4.99. The molecule has 0 aliphatic rings. The van der Waals surface area contributed by atoms with Gasteiger partial charge in [0.05, 0.1) is 12.2 Å². The average molecular weight is 334 g/mol. The molecular weight excluding hydrogens is 318 g/mol. The molecule has 1 amide bonds. The number of rotatable bonds is 6. The molecule has 0 saturated heterocycles. The lowest BCUT2D eigenvalue weighted by atomic mass is 10.2. The Hall–Kier alpha value is -2.53. The molecule has 6 heteroatoms. The Kier molecular flexibility index (Phi) is 6.00. The maximum absolute atomic E-state index is 12.3. The van der Waals surface area contributed by atoms with Crippen molar-refractivity contribution in [3.63, 3.8) is 0 Å². The molecule has 0 saturated carbocycles. The number of halogens is 1. The molecule has 1 N–H and O–H groups in total. The first-order valence-corrected chi connectivity index (χ1v) is 7.42. The molecule has 0 atom stereocenters. The Morgan fingerprint density at radius 3 is 2.48 bits per heavy atom. The van der Waals surface area contributed by atoms with Gasteiger partial charge in [-0.3, -0.25) is 4.79 Å². The van der Waals surface area contributed by atoms with Gasteiger partial charge in [-0.25, -0.2) is 4.79 Å². The van der Waals surface area contributed by atoms with E-state index in [2.05, 4.69) is 5.32 Å². The SMILES string of the molecule is CCOC(=O)COc1ccccc1C(=O)Nc1ccc(Cl)cc1. The van der Waals surface area contributed by atoms with Crippen LogP contribution in [0.1, 0.15) is 17.3 Å². The van der Waals surface area contributed by atoms with Gasteiger partial charge in [-0.1, -0.05) is 23.7 Å². The number of benzene rings is 2. The molecule has 0 heterocycles. The Labute approximate surface area is 139 Å². The van der Waals surface area contributed by atoms with Crippen molar-refractivity contribution in [2.45, 2.75) is 6.92 Å². The fraction of sp³-hybridized carbons (Fsp3) is 0.176. The molecule has 5 nitrogen and oxygen atoms in total. The van der Waals surface area contributed by atoms with Gasteiger partial charge >= 0.3 is 5.97 Å². The third-order valence-electron chi connectivity index (χ3n) is 2.88. The minimum atomic E-state index is -0.486. The maximum atomic E-state index is 12.3. The van der Waals surface area contributed by atoms with Crippen molar-refractivity contribution in [1.82, 2.24) is 0 Å². The van der Waals surface area contributed by atoms with Crippen LogP contribution in [-0.4, -0.2) is 25.1 Å². The van der Waals surface area contributed by atoms with E-state index in [1.54, 1.807) is 55.5 Å². The first-order valence-electron chi connectivity index (χ1n) is 7.04. The molecule has 0 radical (unpaired) electrons. The summed E-state index contributed by atoms with van der Waals surface area (Å²) in [5.41, 5.74) is 0.936. The number of ether oxygens (including phenoxy) is 2. The molecule has 2 aromatic rings. The summed E-state index contributed by atoms with van der Waals surface area (Å²) in [6.45, 7) is 1.74. The van der Waals surface area contributed by atoms with Gasteiger partial charge < -0.3 is 14.8 Å². The van der Waals surface area contributed by atoms with Crippen LogP contribution < -0.4 is 10.1 Å². The monoisotopic (exact) mass is 333 g/mol. The summed E-state index contributed by atoms with van der Waals surface area (Å²) in [5.74, 6) is -0.515. The van der Waals surface area contributed by atoms with Gasteiger partial charge in [0.1, 0.15) is 5.75 Å². The summed E-state index contributed by atoms with van der Waals surface area (Å²) in [6.07, 6.45) is 0. The van der Waals surface area contributed by atoms with Gasteiger partial charge in [0.2, 0.25) is 0 Å². The van der Waals surface area contributed by atoms with Crippen LogP contribution in [0.2, 0.25) is 5.02 Å². The molecule has 2 rings (SSSR count). The number of hydrogen-bond acceptors (Lipinski definition) is 4. The first kappa shape index (κ1) is 16.8. The molecule has 120 valence electrons. The van der Waals surface area contributed by atoms with Crippen LogP contribution in [0.5, 0.6) is 5.75 Å². The van der Waals surface area contributed by atoms with Gasteiger partial charge in [0.15, 0.2) is 6.61 Å². The number of para-hydroxylation sites is 1. The minimum Gasteiger partial charge on any atom is -0.481 e. The van der Waals surface area contributed by atoms with E-state index in [4.69, 9.17) is 21.1 Å². The Morgan fingerprint density at radius 2 is 1.78 bits per heavy atom. The summed E-state index contributed by atoms with van der Waals surface area (Å²) in [4.78, 5) is 23.7. The van der Waals surface area contributed by atoms with E-state index in [0.29, 0.717) is 22.0 Å². The van der Waals surface area contributed by atoms with Crippen LogP contribution >= 0.6 is 11.6 Å². The van der Waals surface area contributed by atoms with E-state index in [1.165, 1.54) is 0 Å². The highest BCUT2D eigenvalue weighted by Gasteiger charge is 2.13. The lowest BCUT2D eigenvalue weighted by Crippen LogP contribution is -2.18. The fourth-order valence-corrected chi connectivity index (χ4v) is 1.98. The van der Waals surface area contributed by atoms with Crippen LogP contribution in [0, 0.1) is 0 Å². The van der Waals surface area contributed by atoms with Crippen LogP contribution in [0.4, 0.5) is 5.69 Å². The largest absolute Gasteiger partial charge is 0.481 e. The highest BCUT2D eigenvalue weighted by molar-refractivity contribution is 6.30. The van der Waals surface area contributed by atoms with E-state index in [0.717, 1.165) is 0 Å². The molecule has 0 aliphatic heterocycles.